The van der Waals surface area contributed by atoms with Crippen LogP contribution in [-0.2, 0) is 30.9 Å². The van der Waals surface area contributed by atoms with Crippen molar-refractivity contribution in [1.82, 2.24) is 4.90 Å². The van der Waals surface area contributed by atoms with E-state index in [0.29, 0.717) is 24.5 Å². The van der Waals surface area contributed by atoms with Crippen molar-refractivity contribution in [1.29, 1.82) is 0 Å². The van der Waals surface area contributed by atoms with Crippen LogP contribution in [0.15, 0.2) is 107 Å². The van der Waals surface area contributed by atoms with E-state index in [-0.39, 0.29) is 11.3 Å². The number of ether oxygens (including phenoxy) is 4. The number of benzene rings is 4. The van der Waals surface area contributed by atoms with Gasteiger partial charge in [0.2, 0.25) is 0 Å². The van der Waals surface area contributed by atoms with E-state index in [1.54, 1.807) is 14.2 Å². The van der Waals surface area contributed by atoms with Crippen LogP contribution in [0.1, 0.15) is 33.7 Å². The van der Waals surface area contributed by atoms with Gasteiger partial charge in [-0.3, -0.25) is 0 Å². The van der Waals surface area contributed by atoms with E-state index in [1.807, 2.05) is 53.4 Å². The van der Waals surface area contributed by atoms with E-state index >= 15 is 0 Å². The third-order valence-corrected chi connectivity index (χ3v) is 9.99. The molecule has 7 rings (SSSR count). The van der Waals surface area contributed by atoms with Gasteiger partial charge in [-0.1, -0.05) is 82.7 Å². The second-order valence-electron chi connectivity index (χ2n) is 11.5. The second-order valence-corrected chi connectivity index (χ2v) is 12.4. The van der Waals surface area contributed by atoms with E-state index < -0.39 is 23.3 Å². The molecule has 1 spiro atoms. The number of carbonyl (C=O) groups excluding carboxylic acids is 2. The molecule has 232 valence electrons. The van der Waals surface area contributed by atoms with Gasteiger partial charge in [-0.05, 0) is 64.1 Å². The van der Waals surface area contributed by atoms with Crippen LogP contribution in [0.2, 0.25) is 0 Å². The smallest absolute Gasteiger partial charge is 0.355 e. The Balaban J connectivity index is 1.70. The number of fused-ring (bicyclic) bond motifs is 8. The monoisotopic (exact) mass is 677 g/mol. The normalized spacial score (nSPS) is 17.2. The molecule has 2 heterocycles. The molecule has 1 aliphatic carbocycles. The number of nitrogens with zero attached hydrogens (tertiary/aromatic N) is 1. The number of hydrogen-bond donors (Lipinski definition) is 0. The fourth-order valence-corrected chi connectivity index (χ4v) is 7.86. The van der Waals surface area contributed by atoms with Crippen molar-refractivity contribution in [3.63, 3.8) is 0 Å². The van der Waals surface area contributed by atoms with Crippen LogP contribution < -0.4 is 9.47 Å². The first-order chi connectivity index (χ1) is 22.4. The lowest BCUT2D eigenvalue weighted by Gasteiger charge is -2.39. The number of carbonyl (C=O) groups is 2. The predicted molar refractivity (Wildman–Crippen MR) is 179 cm³/mol. The van der Waals surface area contributed by atoms with Crippen molar-refractivity contribution in [2.75, 3.05) is 35.0 Å². The van der Waals surface area contributed by atoms with Gasteiger partial charge in [0, 0.05) is 28.2 Å². The highest BCUT2D eigenvalue weighted by molar-refractivity contribution is 9.10. The van der Waals surface area contributed by atoms with Crippen LogP contribution in [0.25, 0.3) is 16.8 Å². The topological polar surface area (TPSA) is 74.3 Å². The van der Waals surface area contributed by atoms with Crippen LogP contribution in [0.3, 0.4) is 0 Å². The zero-order valence-corrected chi connectivity index (χ0v) is 27.5. The first kappa shape index (κ1) is 29.9. The van der Waals surface area contributed by atoms with Crippen molar-refractivity contribution in [3.8, 4) is 22.6 Å². The minimum absolute atomic E-state index is 0.159. The van der Waals surface area contributed by atoms with E-state index in [2.05, 4.69) is 58.4 Å². The van der Waals surface area contributed by atoms with Crippen LogP contribution in [0, 0.1) is 0 Å². The molecule has 1 atom stereocenters. The third kappa shape index (κ3) is 4.23. The van der Waals surface area contributed by atoms with Gasteiger partial charge in [-0.15, -0.1) is 0 Å². The van der Waals surface area contributed by atoms with Gasteiger partial charge in [0.25, 0.3) is 0 Å². The molecule has 0 aromatic heterocycles. The zero-order chi connectivity index (χ0) is 32.2. The number of hydrogen-bond acceptors (Lipinski definition) is 7. The van der Waals surface area contributed by atoms with Crippen LogP contribution in [0.5, 0.6) is 11.5 Å². The van der Waals surface area contributed by atoms with E-state index in [0.717, 1.165) is 49.1 Å². The minimum Gasteiger partial charge on any atom is -0.493 e. The maximum atomic E-state index is 14.5. The fourth-order valence-electron chi connectivity index (χ4n) is 7.59. The zero-order valence-electron chi connectivity index (χ0n) is 25.9. The Morgan fingerprint density at radius 1 is 0.761 bits per heavy atom. The summed E-state index contributed by atoms with van der Waals surface area (Å²) in [5.74, 6) is -0.480. The molecule has 4 aromatic carbocycles. The Hall–Kier alpha value is -4.82. The van der Waals surface area contributed by atoms with Gasteiger partial charge in [-0.25, -0.2) is 9.59 Å². The van der Waals surface area contributed by atoms with Gasteiger partial charge < -0.3 is 23.8 Å². The van der Waals surface area contributed by atoms with E-state index in [4.69, 9.17) is 18.9 Å². The SMILES string of the molecule is COC(=O)C1=C(C(=O)OC)C2(c3ccccc3-c3ccccc32)C(c2ccc(Br)cc2)C=C2c3cc(OC)c(OC)cc3CCN21. The molecule has 0 N–H and O–H groups in total. The molecule has 0 saturated carbocycles. The van der Waals surface area contributed by atoms with Gasteiger partial charge in [0.15, 0.2) is 11.5 Å². The molecule has 3 aliphatic rings. The molecule has 0 fully saturated rings. The summed E-state index contributed by atoms with van der Waals surface area (Å²) in [5.41, 5.74) is 6.72. The Kier molecular flexibility index (Phi) is 7.48. The summed E-state index contributed by atoms with van der Waals surface area (Å²) in [6.45, 7) is 0.422. The average Bonchev–Trinajstić information content (AvgIpc) is 3.30. The molecule has 46 heavy (non-hydrogen) atoms. The Morgan fingerprint density at radius 2 is 1.35 bits per heavy atom. The van der Waals surface area contributed by atoms with Crippen LogP contribution >= 0.6 is 15.9 Å². The molecule has 0 radical (unpaired) electrons. The molecular formula is C38H32BrNO6. The van der Waals surface area contributed by atoms with Crippen molar-refractivity contribution < 1.29 is 28.5 Å². The average molecular weight is 679 g/mol. The molecule has 0 bridgehead atoms. The second kappa shape index (κ2) is 11.5. The first-order valence-electron chi connectivity index (χ1n) is 15.0. The summed E-state index contributed by atoms with van der Waals surface area (Å²) in [6, 6.07) is 28.3. The van der Waals surface area contributed by atoms with E-state index in [9.17, 15) is 9.59 Å². The van der Waals surface area contributed by atoms with Crippen molar-refractivity contribution >= 4 is 33.6 Å². The van der Waals surface area contributed by atoms with Gasteiger partial charge in [0.1, 0.15) is 5.70 Å². The molecule has 1 unspecified atom stereocenters. The number of methoxy groups -OCH3 is 4. The fraction of sp³-hybridized carbons (Fsp3) is 0.211. The number of esters is 2. The Bertz CT molecular complexity index is 1910. The quantitative estimate of drug-likeness (QED) is 0.210. The van der Waals surface area contributed by atoms with Crippen LogP contribution in [-0.4, -0.2) is 51.8 Å². The lowest BCUT2D eigenvalue weighted by molar-refractivity contribution is -0.141. The summed E-state index contributed by atoms with van der Waals surface area (Å²) in [6.07, 6.45) is 2.79. The highest BCUT2D eigenvalue weighted by Gasteiger charge is 2.57. The number of allylic oxidation sites excluding steroid dienone is 1. The Morgan fingerprint density at radius 3 is 1.93 bits per heavy atom. The standard InChI is InChI=1S/C38H32BrNO6/c1-43-32-19-23-17-18-40-31(27(23)20-33(32)44-2)21-30(22-13-15-24(39)16-14-22)38(34(36(41)45-3)35(40)37(42)46-4)28-11-7-5-9-25(28)26-10-6-8-12-29(26)38/h5-16,19-21,30H,17-18H2,1-4H3. The minimum atomic E-state index is -1.15. The molecule has 7 nitrogen and oxygen atoms in total. The third-order valence-electron chi connectivity index (χ3n) is 9.46. The number of halogens is 1. The summed E-state index contributed by atoms with van der Waals surface area (Å²) in [4.78, 5) is 30.6. The summed E-state index contributed by atoms with van der Waals surface area (Å²) in [7, 11) is 5.93. The summed E-state index contributed by atoms with van der Waals surface area (Å²) in [5, 5.41) is 0. The first-order valence-corrected chi connectivity index (χ1v) is 15.8. The summed E-state index contributed by atoms with van der Waals surface area (Å²) >= 11 is 3.61. The van der Waals surface area contributed by atoms with Crippen molar-refractivity contribution in [2.24, 2.45) is 0 Å². The molecule has 8 heteroatoms. The highest BCUT2D eigenvalue weighted by Crippen LogP contribution is 2.62. The molecule has 0 amide bonds. The highest BCUT2D eigenvalue weighted by atomic mass is 79.9. The van der Waals surface area contributed by atoms with Gasteiger partial charge in [0.05, 0.1) is 39.4 Å². The van der Waals surface area contributed by atoms with E-state index in [1.165, 1.54) is 14.2 Å². The maximum absolute atomic E-state index is 14.5. The largest absolute Gasteiger partial charge is 0.493 e. The molecule has 0 saturated heterocycles. The number of rotatable bonds is 5. The lowest BCUT2D eigenvalue weighted by Crippen LogP contribution is -2.41. The van der Waals surface area contributed by atoms with Gasteiger partial charge >= 0.3 is 11.9 Å². The van der Waals surface area contributed by atoms with Crippen molar-refractivity contribution in [2.45, 2.75) is 17.8 Å². The van der Waals surface area contributed by atoms with Crippen LogP contribution in [0.4, 0.5) is 0 Å². The molecular weight excluding hydrogens is 646 g/mol. The molecule has 2 aliphatic heterocycles. The predicted octanol–water partition coefficient (Wildman–Crippen LogP) is 7.03. The lowest BCUT2D eigenvalue weighted by atomic mass is 9.61. The van der Waals surface area contributed by atoms with Crippen molar-refractivity contribution in [3.05, 3.63) is 135 Å². The maximum Gasteiger partial charge on any atom is 0.355 e. The van der Waals surface area contributed by atoms with Gasteiger partial charge in [-0.2, -0.15) is 0 Å². The Labute approximate surface area is 276 Å². The molecule has 4 aromatic rings. The summed E-state index contributed by atoms with van der Waals surface area (Å²) < 4.78 is 23.4.